The molecule has 1 fully saturated rings. The first kappa shape index (κ1) is 15.3. The number of aliphatic hydroxyl groups is 1. The Morgan fingerprint density at radius 3 is 2.45 bits per heavy atom. The van der Waals surface area contributed by atoms with Crippen LogP contribution in [0.25, 0.3) is 0 Å². The Bertz CT molecular complexity index is 416. The van der Waals surface area contributed by atoms with Crippen molar-refractivity contribution in [2.45, 2.75) is 37.9 Å². The van der Waals surface area contributed by atoms with Gasteiger partial charge in [-0.1, -0.05) is 18.6 Å². The molecule has 0 bridgehead atoms. The summed E-state index contributed by atoms with van der Waals surface area (Å²) in [6, 6.07) is 5.56. The number of nitrogens with zero attached hydrogens (tertiary/aromatic N) is 1. The van der Waals surface area contributed by atoms with Crippen molar-refractivity contribution in [3.8, 4) is 0 Å². The number of hydrogen-bond donors (Lipinski definition) is 1. The molecule has 1 aliphatic rings. The summed E-state index contributed by atoms with van der Waals surface area (Å²) in [5.74, 6) is 0. The molecule has 112 valence electrons. The summed E-state index contributed by atoms with van der Waals surface area (Å²) in [5, 5.41) is 9.32. The summed E-state index contributed by atoms with van der Waals surface area (Å²) >= 11 is 0. The molecule has 20 heavy (non-hydrogen) atoms. The Hall–Kier alpha value is -1.07. The van der Waals surface area contributed by atoms with E-state index in [4.69, 9.17) is 0 Å². The minimum Gasteiger partial charge on any atom is -0.395 e. The number of rotatable bonds is 4. The number of likely N-dealkylation sites (tertiary alicyclic amines) is 1. The first-order valence-corrected chi connectivity index (χ1v) is 7.02. The van der Waals surface area contributed by atoms with Gasteiger partial charge in [0.2, 0.25) is 0 Å². The third-order valence-corrected chi connectivity index (χ3v) is 3.93. The molecule has 2 rings (SSSR count). The van der Waals surface area contributed by atoms with E-state index in [1.165, 1.54) is 0 Å². The van der Waals surface area contributed by atoms with Gasteiger partial charge in [0.15, 0.2) is 0 Å². The zero-order valence-electron chi connectivity index (χ0n) is 11.4. The van der Waals surface area contributed by atoms with Crippen LogP contribution < -0.4 is 0 Å². The van der Waals surface area contributed by atoms with Crippen molar-refractivity contribution in [2.24, 2.45) is 0 Å². The monoisotopic (exact) mass is 287 g/mol. The highest BCUT2D eigenvalue weighted by molar-refractivity contribution is 5.24. The highest BCUT2D eigenvalue weighted by atomic mass is 19.4. The lowest BCUT2D eigenvalue weighted by atomic mass is 10.0. The van der Waals surface area contributed by atoms with Gasteiger partial charge < -0.3 is 5.11 Å². The maximum Gasteiger partial charge on any atom is 0.416 e. The Balaban J connectivity index is 1.90. The van der Waals surface area contributed by atoms with E-state index in [9.17, 15) is 18.3 Å². The maximum absolute atomic E-state index is 12.5. The van der Waals surface area contributed by atoms with E-state index in [-0.39, 0.29) is 12.6 Å². The smallest absolute Gasteiger partial charge is 0.395 e. The first-order valence-electron chi connectivity index (χ1n) is 7.02. The van der Waals surface area contributed by atoms with Crippen molar-refractivity contribution in [1.29, 1.82) is 0 Å². The van der Waals surface area contributed by atoms with Crippen LogP contribution in [-0.2, 0) is 12.6 Å². The van der Waals surface area contributed by atoms with Gasteiger partial charge in [-0.25, -0.2) is 0 Å². The van der Waals surface area contributed by atoms with Crippen LogP contribution in [0.15, 0.2) is 24.3 Å². The topological polar surface area (TPSA) is 23.5 Å². The van der Waals surface area contributed by atoms with Gasteiger partial charge in [0.1, 0.15) is 0 Å². The molecule has 1 N–H and O–H groups in total. The molecule has 0 aromatic heterocycles. The molecule has 0 spiro atoms. The molecule has 0 amide bonds. The van der Waals surface area contributed by atoms with Crippen LogP contribution in [-0.4, -0.2) is 35.7 Å². The Labute approximate surface area is 117 Å². The van der Waals surface area contributed by atoms with E-state index in [1.807, 2.05) is 0 Å². The largest absolute Gasteiger partial charge is 0.416 e. The Morgan fingerprint density at radius 2 is 1.85 bits per heavy atom. The van der Waals surface area contributed by atoms with E-state index >= 15 is 0 Å². The summed E-state index contributed by atoms with van der Waals surface area (Å²) in [6.45, 7) is 1.91. The van der Waals surface area contributed by atoms with Crippen LogP contribution in [0.2, 0.25) is 0 Å². The van der Waals surface area contributed by atoms with E-state index < -0.39 is 11.7 Å². The summed E-state index contributed by atoms with van der Waals surface area (Å²) in [4.78, 5) is 2.24. The molecule has 1 aromatic rings. The van der Waals surface area contributed by atoms with Crippen LogP contribution in [0.5, 0.6) is 0 Å². The second-order valence-electron chi connectivity index (χ2n) is 5.31. The number of halogens is 3. The number of benzene rings is 1. The highest BCUT2D eigenvalue weighted by Gasteiger charge is 2.30. The molecule has 1 aliphatic heterocycles. The van der Waals surface area contributed by atoms with E-state index in [0.29, 0.717) is 6.42 Å². The fraction of sp³-hybridized carbons (Fsp3) is 0.600. The van der Waals surface area contributed by atoms with Gasteiger partial charge in [-0.05, 0) is 43.5 Å². The van der Waals surface area contributed by atoms with Crippen LogP contribution in [0, 0.1) is 0 Å². The number of hydrogen-bond acceptors (Lipinski definition) is 2. The molecule has 1 heterocycles. The predicted octanol–water partition coefficient (Wildman–Crippen LogP) is 3.09. The summed E-state index contributed by atoms with van der Waals surface area (Å²) < 4.78 is 37.4. The molecule has 2 nitrogen and oxygen atoms in total. The summed E-state index contributed by atoms with van der Waals surface area (Å²) in [7, 11) is 0. The zero-order valence-corrected chi connectivity index (χ0v) is 11.4. The van der Waals surface area contributed by atoms with Crippen LogP contribution >= 0.6 is 0 Å². The number of alkyl halides is 3. The maximum atomic E-state index is 12.5. The van der Waals surface area contributed by atoms with Crippen LogP contribution in [0.3, 0.4) is 0 Å². The van der Waals surface area contributed by atoms with Crippen molar-refractivity contribution >= 4 is 0 Å². The van der Waals surface area contributed by atoms with Crippen molar-refractivity contribution in [2.75, 3.05) is 19.7 Å². The van der Waals surface area contributed by atoms with Gasteiger partial charge in [0.05, 0.1) is 12.2 Å². The second-order valence-corrected chi connectivity index (χ2v) is 5.31. The molecular weight excluding hydrogens is 267 g/mol. The van der Waals surface area contributed by atoms with Crippen molar-refractivity contribution in [3.63, 3.8) is 0 Å². The molecule has 1 saturated heterocycles. The van der Waals surface area contributed by atoms with Crippen molar-refractivity contribution < 1.29 is 18.3 Å². The molecular formula is C15H20F3NO. The molecule has 0 radical (unpaired) electrons. The zero-order chi connectivity index (χ0) is 14.6. The Kier molecular flexibility index (Phi) is 5.05. The molecule has 1 aromatic carbocycles. The third-order valence-electron chi connectivity index (χ3n) is 3.93. The first-order chi connectivity index (χ1) is 9.50. The molecule has 0 saturated carbocycles. The van der Waals surface area contributed by atoms with Crippen LogP contribution in [0.1, 0.15) is 30.4 Å². The van der Waals surface area contributed by atoms with E-state index in [2.05, 4.69) is 4.90 Å². The number of aliphatic hydroxyl groups excluding tert-OH is 1. The lowest BCUT2D eigenvalue weighted by molar-refractivity contribution is -0.137. The standard InChI is InChI=1S/C15H20F3NO/c16-15(17,18)13-6-4-12(5-7-13)8-10-19-9-2-1-3-14(19)11-20/h4-7,14,20H,1-3,8-11H2/t14-/m0/s1. The SMILES string of the molecule is OC[C@@H]1CCCCN1CCc1ccc(C(F)(F)F)cc1. The fourth-order valence-corrected chi connectivity index (χ4v) is 2.69. The van der Waals surface area contributed by atoms with Gasteiger partial charge in [0, 0.05) is 12.6 Å². The van der Waals surface area contributed by atoms with Crippen molar-refractivity contribution in [3.05, 3.63) is 35.4 Å². The minimum atomic E-state index is -4.27. The normalized spacial score (nSPS) is 21.1. The molecule has 1 atom stereocenters. The molecule has 0 unspecified atom stereocenters. The predicted molar refractivity (Wildman–Crippen MR) is 71.4 cm³/mol. The van der Waals surface area contributed by atoms with Gasteiger partial charge in [-0.3, -0.25) is 4.90 Å². The van der Waals surface area contributed by atoms with E-state index in [0.717, 1.165) is 50.0 Å². The fourth-order valence-electron chi connectivity index (χ4n) is 2.69. The lowest BCUT2D eigenvalue weighted by Gasteiger charge is -2.34. The summed E-state index contributed by atoms with van der Waals surface area (Å²) in [5.41, 5.74) is 0.299. The quantitative estimate of drug-likeness (QED) is 0.920. The second kappa shape index (κ2) is 6.59. The van der Waals surface area contributed by atoms with E-state index in [1.54, 1.807) is 12.1 Å². The summed E-state index contributed by atoms with van der Waals surface area (Å²) in [6.07, 6.45) is -0.281. The number of piperidine rings is 1. The highest BCUT2D eigenvalue weighted by Crippen LogP contribution is 2.29. The third kappa shape index (κ3) is 3.96. The molecule has 5 heteroatoms. The lowest BCUT2D eigenvalue weighted by Crippen LogP contribution is -2.42. The Morgan fingerprint density at radius 1 is 1.15 bits per heavy atom. The molecule has 0 aliphatic carbocycles. The van der Waals surface area contributed by atoms with Crippen LogP contribution in [0.4, 0.5) is 13.2 Å². The van der Waals surface area contributed by atoms with Gasteiger partial charge in [0.25, 0.3) is 0 Å². The van der Waals surface area contributed by atoms with Crippen molar-refractivity contribution in [1.82, 2.24) is 4.90 Å². The van der Waals surface area contributed by atoms with Gasteiger partial charge in [-0.15, -0.1) is 0 Å². The van der Waals surface area contributed by atoms with Gasteiger partial charge in [-0.2, -0.15) is 13.2 Å². The minimum absolute atomic E-state index is 0.160. The average molecular weight is 287 g/mol. The average Bonchev–Trinajstić information content (AvgIpc) is 2.45. The van der Waals surface area contributed by atoms with Gasteiger partial charge >= 0.3 is 6.18 Å².